The molecule has 0 aliphatic carbocycles. The average molecular weight is 449 g/mol. The van der Waals surface area contributed by atoms with E-state index < -0.39 is 0 Å². The third-order valence-electron chi connectivity index (χ3n) is 5.04. The molecule has 0 unspecified atom stereocenters. The molecule has 9 nitrogen and oxygen atoms in total. The van der Waals surface area contributed by atoms with Crippen molar-refractivity contribution in [1.29, 1.82) is 0 Å². The maximum absolute atomic E-state index is 10.3. The van der Waals surface area contributed by atoms with Crippen LogP contribution in [0.25, 0.3) is 22.5 Å². The number of nitrogens with zero attached hydrogens (tertiary/aromatic N) is 2. The number of aliphatic hydroxyl groups excluding tert-OH is 1. The Kier molecular flexibility index (Phi) is 7.67. The van der Waals surface area contributed by atoms with Gasteiger partial charge in [0.2, 0.25) is 5.65 Å². The number of benzene rings is 1. The second kappa shape index (κ2) is 10.4. The Labute approximate surface area is 184 Å². The molecule has 0 saturated carbocycles. The van der Waals surface area contributed by atoms with Crippen molar-refractivity contribution in [3.05, 3.63) is 34.9 Å². The van der Waals surface area contributed by atoms with Crippen LogP contribution in [0.2, 0.25) is 5.02 Å². The zero-order chi connectivity index (χ0) is 22.4. The fourth-order valence-electron chi connectivity index (χ4n) is 3.70. The third-order valence-corrected chi connectivity index (χ3v) is 5.25. The number of fused-ring (bicyclic) bond motifs is 1. The minimum atomic E-state index is -0.265. The molecule has 166 valence electrons. The molecule has 5 N–H and O–H groups in total. The van der Waals surface area contributed by atoms with E-state index in [9.17, 15) is 10.2 Å². The first-order valence-corrected chi connectivity index (χ1v) is 10.3. The molecule has 10 heteroatoms. The lowest BCUT2D eigenvalue weighted by atomic mass is 9.94. The van der Waals surface area contributed by atoms with Crippen molar-refractivity contribution in [1.82, 2.24) is 15.3 Å². The quantitative estimate of drug-likeness (QED) is 0.372. The summed E-state index contributed by atoms with van der Waals surface area (Å²) in [5, 5.41) is 33.8. The molecule has 31 heavy (non-hydrogen) atoms. The molecule has 1 fully saturated rings. The van der Waals surface area contributed by atoms with Crippen LogP contribution in [0.5, 0.6) is 5.75 Å². The monoisotopic (exact) mass is 448 g/mol. The van der Waals surface area contributed by atoms with Crippen molar-refractivity contribution in [2.24, 2.45) is 5.92 Å². The van der Waals surface area contributed by atoms with Crippen molar-refractivity contribution in [3.8, 4) is 17.0 Å². The second-order valence-electron chi connectivity index (χ2n) is 7.39. The molecule has 4 rings (SSSR count). The lowest BCUT2D eigenvalue weighted by Crippen LogP contribution is -2.39. The maximum atomic E-state index is 10.3. The van der Waals surface area contributed by atoms with Crippen molar-refractivity contribution >= 4 is 35.3 Å². The molecule has 0 spiro atoms. The van der Waals surface area contributed by atoms with Crippen molar-refractivity contribution < 1.29 is 24.5 Å². The number of aliphatic hydroxyl groups is 1. The Hall–Kier alpha value is -2.88. The molecule has 2 atom stereocenters. The average Bonchev–Trinajstić information content (AvgIpc) is 3.10. The van der Waals surface area contributed by atoms with Gasteiger partial charge in [0.05, 0.1) is 11.8 Å². The van der Waals surface area contributed by atoms with Crippen molar-refractivity contribution in [2.75, 3.05) is 25.0 Å². The Morgan fingerprint density at radius 1 is 1.32 bits per heavy atom. The molecular formula is C21H25ClN4O5. The van der Waals surface area contributed by atoms with Gasteiger partial charge in [-0.05, 0) is 62.1 Å². The van der Waals surface area contributed by atoms with E-state index in [1.165, 1.54) is 6.07 Å². The number of rotatable bonds is 5. The highest BCUT2D eigenvalue weighted by Crippen LogP contribution is 2.35. The number of phenolic OH excluding ortho intramolecular Hbond substituents is 1. The summed E-state index contributed by atoms with van der Waals surface area (Å²) in [7, 11) is 0. The number of nitrogens with one attached hydrogen (secondary N) is 2. The molecule has 1 aromatic carbocycles. The number of β-amino-alcohol motifs (C(OH)–C–C–N with tert-alkyl or cyclic N) is 1. The standard InChI is InChI=1S/C20H23ClN4O3.CH2O2/c1-11-6-13(21)8-16(27)18(11)15-2-3-17-19(24-15)25-20(28-17)23-5-4-12-7-14(26)10-22-9-12;2-1-3/h2-3,6,8,12,14,22,26-27H,4-5,7,9-10H2,1H3,(H,23,24,25);1H,(H,2,3)/t12-,14-;/m1./s1. The zero-order valence-corrected chi connectivity index (χ0v) is 17.8. The maximum Gasteiger partial charge on any atom is 0.297 e. The number of piperidine rings is 1. The van der Waals surface area contributed by atoms with Gasteiger partial charge in [0, 0.05) is 23.7 Å². The Morgan fingerprint density at radius 3 is 2.81 bits per heavy atom. The van der Waals surface area contributed by atoms with Crippen LogP contribution in [0.1, 0.15) is 18.4 Å². The first kappa shape index (κ1) is 22.8. The molecule has 1 saturated heterocycles. The topological polar surface area (TPSA) is 141 Å². The molecule has 2 aromatic heterocycles. The summed E-state index contributed by atoms with van der Waals surface area (Å²) in [6, 6.07) is 7.30. The molecule has 1 aliphatic heterocycles. The number of carbonyl (C=O) groups is 1. The minimum Gasteiger partial charge on any atom is -0.507 e. The van der Waals surface area contributed by atoms with Crippen LogP contribution in [-0.4, -0.2) is 57.5 Å². The molecule has 0 radical (unpaired) electrons. The van der Waals surface area contributed by atoms with Gasteiger partial charge >= 0.3 is 0 Å². The van der Waals surface area contributed by atoms with E-state index in [4.69, 9.17) is 25.9 Å². The third kappa shape index (κ3) is 5.84. The van der Waals surface area contributed by atoms with Crippen LogP contribution in [0.15, 0.2) is 28.7 Å². The van der Waals surface area contributed by atoms with Crippen LogP contribution in [0.4, 0.5) is 6.01 Å². The lowest BCUT2D eigenvalue weighted by Gasteiger charge is -2.26. The lowest BCUT2D eigenvalue weighted by molar-refractivity contribution is -0.122. The normalized spacial score (nSPS) is 18.3. The molecule has 1 aliphatic rings. The number of hydrogen-bond acceptors (Lipinski definition) is 8. The van der Waals surface area contributed by atoms with Gasteiger partial charge in [-0.1, -0.05) is 11.6 Å². The summed E-state index contributed by atoms with van der Waals surface area (Å²) in [6.07, 6.45) is 1.47. The van der Waals surface area contributed by atoms with Crippen molar-refractivity contribution in [2.45, 2.75) is 25.9 Å². The zero-order valence-electron chi connectivity index (χ0n) is 17.0. The molecular weight excluding hydrogens is 424 g/mol. The van der Waals surface area contributed by atoms with E-state index in [0.717, 1.165) is 24.9 Å². The smallest absolute Gasteiger partial charge is 0.297 e. The number of halogens is 1. The predicted octanol–water partition coefficient (Wildman–Crippen LogP) is 3.03. The van der Waals surface area contributed by atoms with E-state index in [1.807, 2.05) is 6.92 Å². The van der Waals surface area contributed by atoms with E-state index in [2.05, 4.69) is 20.6 Å². The van der Waals surface area contributed by atoms with Gasteiger partial charge in [0.15, 0.2) is 5.58 Å². The Morgan fingerprint density at radius 2 is 2.10 bits per heavy atom. The second-order valence-corrected chi connectivity index (χ2v) is 7.83. The SMILES string of the molecule is Cc1cc(Cl)cc(O)c1-c1ccc2oc(NCC[C@H]3CNC[C@H](O)C3)nc2n1.O=CO. The summed E-state index contributed by atoms with van der Waals surface area (Å²) in [4.78, 5) is 17.3. The number of carboxylic acid groups (broad SMARTS) is 1. The summed E-state index contributed by atoms with van der Waals surface area (Å²) in [5.74, 6) is 0.517. The summed E-state index contributed by atoms with van der Waals surface area (Å²) >= 11 is 5.99. The van der Waals surface area contributed by atoms with Crippen LogP contribution >= 0.6 is 11.6 Å². The Bertz CT molecular complexity index is 1020. The first-order chi connectivity index (χ1) is 14.9. The fraction of sp³-hybridized carbons (Fsp3) is 0.381. The van der Waals surface area contributed by atoms with Gasteiger partial charge in [0.1, 0.15) is 5.75 Å². The van der Waals surface area contributed by atoms with Gasteiger partial charge in [-0.15, -0.1) is 0 Å². The van der Waals surface area contributed by atoms with Crippen LogP contribution < -0.4 is 10.6 Å². The van der Waals surface area contributed by atoms with E-state index in [1.54, 1.807) is 18.2 Å². The van der Waals surface area contributed by atoms with E-state index in [-0.39, 0.29) is 18.3 Å². The van der Waals surface area contributed by atoms with Crippen molar-refractivity contribution in [3.63, 3.8) is 0 Å². The van der Waals surface area contributed by atoms with E-state index >= 15 is 0 Å². The number of aryl methyl sites for hydroxylation is 1. The highest BCUT2D eigenvalue weighted by molar-refractivity contribution is 6.31. The van der Waals surface area contributed by atoms with Gasteiger partial charge in [-0.2, -0.15) is 4.98 Å². The highest BCUT2D eigenvalue weighted by atomic mass is 35.5. The fourth-order valence-corrected chi connectivity index (χ4v) is 3.97. The molecule has 3 aromatic rings. The molecule has 0 bridgehead atoms. The predicted molar refractivity (Wildman–Crippen MR) is 117 cm³/mol. The number of oxazole rings is 1. The Balaban J connectivity index is 0.000000858. The van der Waals surface area contributed by atoms with Crippen LogP contribution in [-0.2, 0) is 4.79 Å². The van der Waals surface area contributed by atoms with Crippen LogP contribution in [0, 0.1) is 12.8 Å². The number of phenols is 1. The summed E-state index contributed by atoms with van der Waals surface area (Å²) < 4.78 is 5.72. The number of pyridine rings is 1. The minimum absolute atomic E-state index is 0.0852. The number of anilines is 1. The molecule has 3 heterocycles. The number of hydrogen-bond donors (Lipinski definition) is 5. The largest absolute Gasteiger partial charge is 0.507 e. The van der Waals surface area contributed by atoms with Gasteiger partial charge in [-0.3, -0.25) is 4.79 Å². The van der Waals surface area contributed by atoms with Gasteiger partial charge in [-0.25, -0.2) is 4.98 Å². The van der Waals surface area contributed by atoms with Crippen LogP contribution in [0.3, 0.4) is 0 Å². The van der Waals surface area contributed by atoms with Gasteiger partial charge < -0.3 is 30.4 Å². The summed E-state index contributed by atoms with van der Waals surface area (Å²) in [5.41, 5.74) is 3.13. The summed E-state index contributed by atoms with van der Waals surface area (Å²) in [6.45, 7) is 3.92. The number of aromatic nitrogens is 2. The van der Waals surface area contributed by atoms with E-state index in [0.29, 0.717) is 52.5 Å². The first-order valence-electron chi connectivity index (χ1n) is 9.88. The van der Waals surface area contributed by atoms with Gasteiger partial charge in [0.25, 0.3) is 12.5 Å². The highest BCUT2D eigenvalue weighted by Gasteiger charge is 2.19. The number of aromatic hydroxyl groups is 1. The molecule has 0 amide bonds.